The quantitative estimate of drug-likeness (QED) is 0.446. The van der Waals surface area contributed by atoms with E-state index in [1.54, 1.807) is 0 Å². The van der Waals surface area contributed by atoms with Crippen molar-refractivity contribution in [2.45, 2.75) is 69.4 Å². The first-order valence-corrected chi connectivity index (χ1v) is 10.5. The van der Waals surface area contributed by atoms with Crippen molar-refractivity contribution in [3.05, 3.63) is 0 Å². The van der Waals surface area contributed by atoms with E-state index in [9.17, 15) is 36.2 Å². The maximum atomic E-state index is 12.9. The number of aliphatic hydroxyl groups is 1. The fourth-order valence-electron chi connectivity index (χ4n) is 2.17. The molecule has 1 rings (SSSR count). The molecule has 0 aromatic heterocycles. The zero-order valence-electron chi connectivity index (χ0n) is 14.5. The Morgan fingerprint density at radius 2 is 1.56 bits per heavy atom. The summed E-state index contributed by atoms with van der Waals surface area (Å²) in [6, 6.07) is 0. The molecule has 1 aliphatic rings. The summed E-state index contributed by atoms with van der Waals surface area (Å²) in [6.07, 6.45) is -14.3. The molecule has 0 aromatic rings. The molecule has 1 fully saturated rings. The van der Waals surface area contributed by atoms with Crippen LogP contribution in [0.2, 0.25) is 18.1 Å². The van der Waals surface area contributed by atoms with Gasteiger partial charge in [0.2, 0.25) is 0 Å². The van der Waals surface area contributed by atoms with Crippen LogP contribution in [0.25, 0.3) is 0 Å². The number of hydrogen-bond acceptors (Lipinski definition) is 4. The minimum Gasteiger partial charge on any atom is -0.460 e. The van der Waals surface area contributed by atoms with E-state index in [2.05, 4.69) is 4.74 Å². The van der Waals surface area contributed by atoms with Crippen molar-refractivity contribution in [3.8, 4) is 0 Å². The minimum atomic E-state index is -6.07. The molecule has 0 bridgehead atoms. The molecule has 1 aliphatic heterocycles. The molecule has 2 unspecified atom stereocenters. The van der Waals surface area contributed by atoms with Crippen LogP contribution in [0.3, 0.4) is 0 Å². The highest BCUT2D eigenvalue weighted by atomic mass is 28.4. The second kappa shape index (κ2) is 6.41. The van der Waals surface area contributed by atoms with Gasteiger partial charge in [-0.3, -0.25) is 4.79 Å². The fourth-order valence-corrected chi connectivity index (χ4v) is 3.21. The first kappa shape index (κ1) is 22.2. The maximum Gasteiger partial charge on any atom is 0.427 e. The molecule has 0 aliphatic carbocycles. The van der Waals surface area contributed by atoms with Crippen LogP contribution >= 0.6 is 0 Å². The van der Waals surface area contributed by atoms with Gasteiger partial charge in [0.15, 0.2) is 8.32 Å². The summed E-state index contributed by atoms with van der Waals surface area (Å²) in [5, 5.41) is 9.10. The summed E-state index contributed by atoms with van der Waals surface area (Å²) >= 11 is 0. The topological polar surface area (TPSA) is 55.8 Å². The first-order chi connectivity index (χ1) is 10.8. The van der Waals surface area contributed by atoms with Gasteiger partial charge < -0.3 is 14.3 Å². The number of alkyl halides is 6. The van der Waals surface area contributed by atoms with Crippen molar-refractivity contribution in [2.75, 3.05) is 6.61 Å². The van der Waals surface area contributed by atoms with Crippen LogP contribution < -0.4 is 0 Å². The van der Waals surface area contributed by atoms with Crippen molar-refractivity contribution >= 4 is 14.3 Å². The molecular weight excluding hydrogens is 374 g/mol. The van der Waals surface area contributed by atoms with Gasteiger partial charge in [0.1, 0.15) is 12.0 Å². The molecule has 148 valence electrons. The molecule has 4 nitrogen and oxygen atoms in total. The SMILES string of the molecule is CC(C)(C)[Si](C)(C)OCC1CC(C(O)(C(F)(F)F)C(F)(F)F)C(=O)O1. The third kappa shape index (κ3) is 4.13. The van der Waals surface area contributed by atoms with E-state index in [-0.39, 0.29) is 11.6 Å². The van der Waals surface area contributed by atoms with Gasteiger partial charge in [-0.1, -0.05) is 20.8 Å². The normalized spacial score (nSPS) is 23.8. The molecule has 2 atom stereocenters. The fraction of sp³-hybridized carbons (Fsp3) is 0.929. The molecule has 0 radical (unpaired) electrons. The van der Waals surface area contributed by atoms with Gasteiger partial charge in [-0.2, -0.15) is 26.3 Å². The van der Waals surface area contributed by atoms with E-state index in [1.807, 2.05) is 33.9 Å². The van der Waals surface area contributed by atoms with Crippen LogP contribution in [0.15, 0.2) is 0 Å². The highest BCUT2D eigenvalue weighted by molar-refractivity contribution is 6.74. The monoisotopic (exact) mass is 396 g/mol. The van der Waals surface area contributed by atoms with E-state index in [4.69, 9.17) is 4.43 Å². The zero-order valence-corrected chi connectivity index (χ0v) is 15.5. The van der Waals surface area contributed by atoms with Gasteiger partial charge in [0.05, 0.1) is 6.61 Å². The number of cyclic esters (lactones) is 1. The number of ether oxygens (including phenoxy) is 1. The largest absolute Gasteiger partial charge is 0.460 e. The Balaban J connectivity index is 2.96. The smallest absolute Gasteiger partial charge is 0.427 e. The number of hydrogen-bond donors (Lipinski definition) is 1. The van der Waals surface area contributed by atoms with Crippen LogP contribution in [0.5, 0.6) is 0 Å². The summed E-state index contributed by atoms with van der Waals surface area (Å²) in [4.78, 5) is 11.6. The molecule has 11 heteroatoms. The lowest BCUT2D eigenvalue weighted by molar-refractivity contribution is -0.380. The molecule has 25 heavy (non-hydrogen) atoms. The van der Waals surface area contributed by atoms with E-state index in [0.717, 1.165) is 0 Å². The molecule has 0 aromatic carbocycles. The number of halogens is 6. The average Bonchev–Trinajstić information content (AvgIpc) is 2.73. The number of esters is 1. The summed E-state index contributed by atoms with van der Waals surface area (Å²) in [6.45, 7) is 9.05. The van der Waals surface area contributed by atoms with Crippen molar-refractivity contribution < 1.29 is 45.4 Å². The Morgan fingerprint density at radius 1 is 1.12 bits per heavy atom. The predicted molar refractivity (Wildman–Crippen MR) is 78.2 cm³/mol. The van der Waals surface area contributed by atoms with E-state index >= 15 is 0 Å². The Bertz CT molecular complexity index is 495. The number of carbonyl (C=O) groups excluding carboxylic acids is 1. The van der Waals surface area contributed by atoms with Crippen molar-refractivity contribution in [1.29, 1.82) is 0 Å². The lowest BCUT2D eigenvalue weighted by atomic mass is 9.83. The van der Waals surface area contributed by atoms with Crippen molar-refractivity contribution in [3.63, 3.8) is 0 Å². The lowest BCUT2D eigenvalue weighted by Gasteiger charge is -2.37. The van der Waals surface area contributed by atoms with Crippen LogP contribution in [0, 0.1) is 5.92 Å². The molecular formula is C14H22F6O4Si. The molecule has 0 amide bonds. The third-order valence-electron chi connectivity index (χ3n) is 4.87. The van der Waals surface area contributed by atoms with Crippen LogP contribution in [0.4, 0.5) is 26.3 Å². The summed E-state index contributed by atoms with van der Waals surface area (Å²) in [7, 11) is -2.33. The van der Waals surface area contributed by atoms with Crippen LogP contribution in [-0.2, 0) is 14.0 Å². The van der Waals surface area contributed by atoms with Gasteiger partial charge >= 0.3 is 18.3 Å². The Kier molecular flexibility index (Phi) is 5.70. The maximum absolute atomic E-state index is 12.9. The van der Waals surface area contributed by atoms with E-state index in [0.29, 0.717) is 0 Å². The summed E-state index contributed by atoms with van der Waals surface area (Å²) in [5.74, 6) is -4.51. The highest BCUT2D eigenvalue weighted by Crippen LogP contribution is 2.51. The van der Waals surface area contributed by atoms with Crippen molar-refractivity contribution in [1.82, 2.24) is 0 Å². The van der Waals surface area contributed by atoms with E-state index < -0.39 is 50.7 Å². The highest BCUT2D eigenvalue weighted by Gasteiger charge is 2.76. The van der Waals surface area contributed by atoms with Crippen LogP contribution in [-0.4, -0.2) is 50.1 Å². The molecule has 0 spiro atoms. The average molecular weight is 396 g/mol. The lowest BCUT2D eigenvalue weighted by Crippen LogP contribution is -2.62. The Morgan fingerprint density at radius 3 is 1.92 bits per heavy atom. The zero-order chi connectivity index (χ0) is 20.1. The third-order valence-corrected chi connectivity index (χ3v) is 9.37. The minimum absolute atomic E-state index is 0.242. The number of carbonyl (C=O) groups is 1. The van der Waals surface area contributed by atoms with E-state index in [1.165, 1.54) is 0 Å². The number of rotatable bonds is 4. The van der Waals surface area contributed by atoms with Crippen molar-refractivity contribution in [2.24, 2.45) is 5.92 Å². The first-order valence-electron chi connectivity index (χ1n) is 7.55. The second-order valence-corrected chi connectivity index (χ2v) is 12.5. The van der Waals surface area contributed by atoms with Gasteiger partial charge in [-0.05, 0) is 18.1 Å². The second-order valence-electron chi connectivity index (χ2n) is 7.68. The molecule has 1 N–H and O–H groups in total. The standard InChI is InChI=1S/C14H22F6O4Si/c1-11(2,3)25(4,5)23-7-8-6-9(10(21)24-8)12(22,13(15,16)17)14(18,19)20/h8-9,22H,6-7H2,1-5H3. The summed E-state index contributed by atoms with van der Waals surface area (Å²) < 4.78 is 87.6. The van der Waals surface area contributed by atoms with Gasteiger partial charge in [0, 0.05) is 6.42 Å². The Labute approximate surface area is 142 Å². The van der Waals surface area contributed by atoms with Gasteiger partial charge in [-0.25, -0.2) is 0 Å². The van der Waals surface area contributed by atoms with Gasteiger partial charge in [0.25, 0.3) is 5.60 Å². The molecule has 1 heterocycles. The van der Waals surface area contributed by atoms with Gasteiger partial charge in [-0.15, -0.1) is 0 Å². The molecule has 1 saturated heterocycles. The summed E-state index contributed by atoms with van der Waals surface area (Å²) in [5.41, 5.74) is -5.15. The van der Waals surface area contributed by atoms with Crippen LogP contribution in [0.1, 0.15) is 27.2 Å². The Hall–Kier alpha value is -0.813. The predicted octanol–water partition coefficient (Wildman–Crippen LogP) is 3.80. The molecule has 0 saturated carbocycles.